The van der Waals surface area contributed by atoms with Gasteiger partial charge in [-0.3, -0.25) is 0 Å². The van der Waals surface area contributed by atoms with Crippen LogP contribution in [0.15, 0.2) is 66.7 Å². The van der Waals surface area contributed by atoms with Gasteiger partial charge in [0.2, 0.25) is 0 Å². The number of amides is 2. The van der Waals surface area contributed by atoms with E-state index in [1.54, 1.807) is 23.1 Å². The van der Waals surface area contributed by atoms with E-state index in [4.69, 9.17) is 0 Å². The monoisotopic (exact) mass is 449 g/mol. The molecule has 0 aliphatic carbocycles. The number of carbonyl (C=O) groups excluding carboxylic acids is 1. The zero-order valence-electron chi connectivity index (χ0n) is 18.2. The summed E-state index contributed by atoms with van der Waals surface area (Å²) in [6.07, 6.45) is 0.717. The molecule has 2 amide bonds. The average molecular weight is 450 g/mol. The van der Waals surface area contributed by atoms with E-state index >= 15 is 0 Å². The van der Waals surface area contributed by atoms with Crippen LogP contribution in [0.5, 0.6) is 0 Å². The Balaban J connectivity index is 1.55. The largest absolute Gasteiger partial charge is 0.394 e. The number of aliphatic hydroxyl groups excluding tert-OH is 1. The quantitative estimate of drug-likeness (QED) is 0.589. The molecule has 1 fully saturated rings. The smallest absolute Gasteiger partial charge is 0.322 e. The fraction of sp³-hybridized carbons (Fsp3) is 0.269. The number of nitrogens with one attached hydrogen (secondary N) is 1. The maximum Gasteiger partial charge on any atom is 0.322 e. The molecule has 2 aliphatic rings. The standard InChI is InChI=1S/C26H25F2N3O2/c1-30-23-10-9-17(16-5-4-6-18(27)13-16)14-20(23)25-19(24(30)15-32)11-12-31(25)26(33)29-22-8-3-2-7-21(22)28/h2-10,13-14,19,24-25,32H,11-12,15H2,1H3,(H,29,33)/t19-,24+,25-/m0/s1. The minimum absolute atomic E-state index is 0.0154. The molecule has 0 spiro atoms. The molecule has 2 aliphatic heterocycles. The first kappa shape index (κ1) is 21.4. The van der Waals surface area contributed by atoms with Gasteiger partial charge < -0.3 is 20.2 Å². The van der Waals surface area contributed by atoms with Gasteiger partial charge in [0.1, 0.15) is 11.6 Å². The summed E-state index contributed by atoms with van der Waals surface area (Å²) in [6, 6.07) is 17.6. The lowest BCUT2D eigenvalue weighted by Gasteiger charge is -2.44. The van der Waals surface area contributed by atoms with Crippen molar-refractivity contribution in [2.24, 2.45) is 5.92 Å². The Kier molecular flexibility index (Phi) is 5.50. The Labute approximate surface area is 191 Å². The first-order chi connectivity index (χ1) is 16.0. The number of carbonyl (C=O) groups is 1. The summed E-state index contributed by atoms with van der Waals surface area (Å²) in [5.41, 5.74) is 3.59. The van der Waals surface area contributed by atoms with Gasteiger partial charge in [-0.15, -0.1) is 0 Å². The number of benzene rings is 3. The molecule has 7 heteroatoms. The topological polar surface area (TPSA) is 55.8 Å². The lowest BCUT2D eigenvalue weighted by molar-refractivity contribution is 0.168. The van der Waals surface area contributed by atoms with Crippen LogP contribution < -0.4 is 10.2 Å². The Morgan fingerprint density at radius 3 is 2.61 bits per heavy atom. The maximum atomic E-state index is 14.1. The molecule has 0 unspecified atom stereocenters. The third kappa shape index (κ3) is 3.72. The molecule has 0 radical (unpaired) electrons. The van der Waals surface area contributed by atoms with Crippen molar-refractivity contribution < 1.29 is 18.7 Å². The van der Waals surface area contributed by atoms with E-state index in [1.165, 1.54) is 24.3 Å². The Morgan fingerprint density at radius 1 is 1.06 bits per heavy atom. The number of urea groups is 1. The summed E-state index contributed by atoms with van der Waals surface area (Å²) in [5, 5.41) is 12.8. The van der Waals surface area contributed by atoms with Crippen LogP contribution in [0.3, 0.4) is 0 Å². The van der Waals surface area contributed by atoms with Crippen LogP contribution in [0, 0.1) is 17.6 Å². The molecular formula is C26H25F2N3O2. The minimum Gasteiger partial charge on any atom is -0.394 e. The molecule has 3 aromatic carbocycles. The molecule has 170 valence electrons. The number of likely N-dealkylation sites (tertiary alicyclic amines) is 1. The van der Waals surface area contributed by atoms with Crippen molar-refractivity contribution in [3.8, 4) is 11.1 Å². The van der Waals surface area contributed by atoms with Crippen molar-refractivity contribution in [1.82, 2.24) is 4.90 Å². The molecule has 0 saturated carbocycles. The van der Waals surface area contributed by atoms with Crippen LogP contribution in [0.2, 0.25) is 0 Å². The number of hydrogen-bond donors (Lipinski definition) is 2. The van der Waals surface area contributed by atoms with Gasteiger partial charge in [-0.05, 0) is 59.5 Å². The molecule has 1 saturated heterocycles. The van der Waals surface area contributed by atoms with Crippen molar-refractivity contribution in [3.63, 3.8) is 0 Å². The highest BCUT2D eigenvalue weighted by molar-refractivity contribution is 5.90. The molecule has 0 bridgehead atoms. The highest BCUT2D eigenvalue weighted by Gasteiger charge is 2.47. The lowest BCUT2D eigenvalue weighted by Crippen LogP contribution is -2.48. The van der Waals surface area contributed by atoms with Crippen molar-refractivity contribution in [2.75, 3.05) is 30.4 Å². The van der Waals surface area contributed by atoms with E-state index in [0.29, 0.717) is 13.0 Å². The fourth-order valence-electron chi connectivity index (χ4n) is 5.28. The normalized spacial score (nSPS) is 21.5. The fourth-order valence-corrected chi connectivity index (χ4v) is 5.28. The molecule has 5 nitrogen and oxygen atoms in total. The van der Waals surface area contributed by atoms with E-state index in [9.17, 15) is 18.7 Å². The second-order valence-corrected chi connectivity index (χ2v) is 8.65. The number of aliphatic hydroxyl groups is 1. The second-order valence-electron chi connectivity index (χ2n) is 8.65. The number of halogens is 2. The zero-order valence-corrected chi connectivity index (χ0v) is 18.2. The summed E-state index contributed by atoms with van der Waals surface area (Å²) >= 11 is 0. The Hall–Kier alpha value is -3.45. The average Bonchev–Trinajstić information content (AvgIpc) is 3.26. The summed E-state index contributed by atoms with van der Waals surface area (Å²) in [7, 11) is 1.94. The molecule has 2 N–H and O–H groups in total. The van der Waals surface area contributed by atoms with Gasteiger partial charge in [0.15, 0.2) is 0 Å². The van der Waals surface area contributed by atoms with Crippen molar-refractivity contribution in [3.05, 3.63) is 83.9 Å². The van der Waals surface area contributed by atoms with Crippen LogP contribution in [0.25, 0.3) is 11.1 Å². The van der Waals surface area contributed by atoms with Crippen LogP contribution in [0.4, 0.5) is 25.0 Å². The summed E-state index contributed by atoms with van der Waals surface area (Å²) in [6.45, 7) is 0.453. The first-order valence-electron chi connectivity index (χ1n) is 11.0. The van der Waals surface area contributed by atoms with E-state index in [1.807, 2.05) is 31.3 Å². The summed E-state index contributed by atoms with van der Waals surface area (Å²) in [4.78, 5) is 17.0. The van der Waals surface area contributed by atoms with Crippen molar-refractivity contribution in [1.29, 1.82) is 0 Å². The molecule has 3 atom stereocenters. The van der Waals surface area contributed by atoms with Crippen LogP contribution in [-0.4, -0.2) is 42.3 Å². The van der Waals surface area contributed by atoms with E-state index in [2.05, 4.69) is 10.2 Å². The molecule has 0 aromatic heterocycles. The van der Waals surface area contributed by atoms with Gasteiger partial charge in [-0.2, -0.15) is 0 Å². The number of anilines is 2. The lowest BCUT2D eigenvalue weighted by atomic mass is 9.81. The molecule has 33 heavy (non-hydrogen) atoms. The third-order valence-corrected chi connectivity index (χ3v) is 6.88. The first-order valence-corrected chi connectivity index (χ1v) is 11.0. The predicted molar refractivity (Wildman–Crippen MR) is 124 cm³/mol. The Bertz CT molecular complexity index is 1200. The predicted octanol–water partition coefficient (Wildman–Crippen LogP) is 5.04. The molecule has 2 heterocycles. The number of nitrogens with zero attached hydrogens (tertiary/aromatic N) is 2. The van der Waals surface area contributed by atoms with Gasteiger partial charge in [0.25, 0.3) is 0 Å². The van der Waals surface area contributed by atoms with Gasteiger partial charge in [0, 0.05) is 25.2 Å². The zero-order chi connectivity index (χ0) is 23.1. The highest BCUT2D eigenvalue weighted by atomic mass is 19.1. The van der Waals surface area contributed by atoms with Gasteiger partial charge in [-0.1, -0.05) is 30.3 Å². The summed E-state index contributed by atoms with van der Waals surface area (Å²) in [5.74, 6) is -0.791. The number of rotatable bonds is 3. The molecular weight excluding hydrogens is 424 g/mol. The van der Waals surface area contributed by atoms with Crippen molar-refractivity contribution in [2.45, 2.75) is 18.5 Å². The van der Waals surface area contributed by atoms with Crippen LogP contribution in [0.1, 0.15) is 18.0 Å². The molecule has 3 aromatic rings. The number of para-hydroxylation sites is 1. The van der Waals surface area contributed by atoms with E-state index in [0.717, 1.165) is 22.4 Å². The van der Waals surface area contributed by atoms with E-state index in [-0.39, 0.29) is 42.1 Å². The number of likely N-dealkylation sites (N-methyl/N-ethyl adjacent to an activating group) is 1. The summed E-state index contributed by atoms with van der Waals surface area (Å²) < 4.78 is 28.0. The highest BCUT2D eigenvalue weighted by Crippen LogP contribution is 2.49. The minimum atomic E-state index is -0.494. The Morgan fingerprint density at radius 2 is 1.85 bits per heavy atom. The van der Waals surface area contributed by atoms with Crippen molar-refractivity contribution >= 4 is 17.4 Å². The SMILES string of the molecule is CN1c2ccc(-c3cccc(F)c3)cc2[C@@H]2[C@@H](CCN2C(=O)Nc2ccccc2F)[C@H]1CO. The second kappa shape index (κ2) is 8.48. The van der Waals surface area contributed by atoms with Crippen LogP contribution >= 0.6 is 0 Å². The maximum absolute atomic E-state index is 14.1. The van der Waals surface area contributed by atoms with Gasteiger partial charge in [-0.25, -0.2) is 13.6 Å². The van der Waals surface area contributed by atoms with Crippen LogP contribution in [-0.2, 0) is 0 Å². The van der Waals surface area contributed by atoms with Gasteiger partial charge in [0.05, 0.1) is 24.4 Å². The van der Waals surface area contributed by atoms with E-state index < -0.39 is 5.82 Å². The third-order valence-electron chi connectivity index (χ3n) is 6.88. The van der Waals surface area contributed by atoms with Gasteiger partial charge >= 0.3 is 6.03 Å². The molecule has 5 rings (SSSR count). The number of hydrogen-bond acceptors (Lipinski definition) is 3. The number of fused-ring (bicyclic) bond motifs is 3.